The number of nitrogens with one attached hydrogen (secondary N) is 1. The topological polar surface area (TPSA) is 39.1 Å². The van der Waals surface area contributed by atoms with Crippen LogP contribution in [-0.2, 0) is 0 Å². The quantitative estimate of drug-likeness (QED) is 0.798. The smallest absolute Gasteiger partial charge is 0.108 e. The van der Waals surface area contributed by atoms with E-state index < -0.39 is 0 Å². The lowest BCUT2D eigenvalue weighted by atomic mass is 9.99. The SMILES string of the molecule is CNC1(C#N)CCC(N2CCCCCC2C)C1. The molecule has 0 amide bonds. The molecule has 0 aromatic carbocycles. The third kappa shape index (κ3) is 2.64. The van der Waals surface area contributed by atoms with Crippen molar-refractivity contribution in [2.24, 2.45) is 0 Å². The lowest BCUT2D eigenvalue weighted by Gasteiger charge is -2.33. The molecule has 17 heavy (non-hydrogen) atoms. The number of hydrogen-bond donors (Lipinski definition) is 1. The summed E-state index contributed by atoms with van der Waals surface area (Å²) in [7, 11) is 1.93. The number of nitrogens with zero attached hydrogens (tertiary/aromatic N) is 2. The summed E-state index contributed by atoms with van der Waals surface area (Å²) in [6.45, 7) is 3.59. The van der Waals surface area contributed by atoms with Gasteiger partial charge in [-0.05, 0) is 52.6 Å². The second-order valence-corrected chi connectivity index (χ2v) is 5.78. The Morgan fingerprint density at radius 2 is 2.12 bits per heavy atom. The molecule has 2 fully saturated rings. The number of likely N-dealkylation sites (tertiary alicyclic amines) is 1. The molecule has 1 N–H and O–H groups in total. The molecule has 1 aliphatic carbocycles. The highest BCUT2D eigenvalue weighted by atomic mass is 15.2. The van der Waals surface area contributed by atoms with Gasteiger partial charge in [0.25, 0.3) is 0 Å². The van der Waals surface area contributed by atoms with Crippen molar-refractivity contribution in [2.45, 2.75) is 69.5 Å². The number of nitriles is 1. The van der Waals surface area contributed by atoms with E-state index in [1.807, 2.05) is 7.05 Å². The highest BCUT2D eigenvalue weighted by Gasteiger charge is 2.41. The van der Waals surface area contributed by atoms with Crippen molar-refractivity contribution in [3.8, 4) is 6.07 Å². The summed E-state index contributed by atoms with van der Waals surface area (Å²) in [5.41, 5.74) is -0.253. The van der Waals surface area contributed by atoms with Crippen LogP contribution < -0.4 is 5.32 Å². The third-order valence-corrected chi connectivity index (χ3v) is 4.75. The van der Waals surface area contributed by atoms with Gasteiger partial charge in [-0.3, -0.25) is 4.90 Å². The molecule has 0 bridgehead atoms. The van der Waals surface area contributed by atoms with Crippen LogP contribution in [0.4, 0.5) is 0 Å². The van der Waals surface area contributed by atoms with Crippen LogP contribution in [-0.4, -0.2) is 36.1 Å². The number of rotatable bonds is 2. The molecular formula is C14H25N3. The lowest BCUT2D eigenvalue weighted by molar-refractivity contribution is 0.145. The summed E-state index contributed by atoms with van der Waals surface area (Å²) < 4.78 is 0. The van der Waals surface area contributed by atoms with Crippen LogP contribution >= 0.6 is 0 Å². The van der Waals surface area contributed by atoms with Crippen molar-refractivity contribution in [2.75, 3.05) is 13.6 Å². The molecule has 0 radical (unpaired) electrons. The summed E-state index contributed by atoms with van der Waals surface area (Å²) in [5, 5.41) is 12.6. The van der Waals surface area contributed by atoms with E-state index in [0.29, 0.717) is 12.1 Å². The van der Waals surface area contributed by atoms with Crippen LogP contribution in [0, 0.1) is 11.3 Å². The van der Waals surface area contributed by atoms with E-state index in [0.717, 1.165) is 12.8 Å². The maximum Gasteiger partial charge on any atom is 0.108 e. The zero-order chi connectivity index (χ0) is 12.3. The molecule has 3 nitrogen and oxygen atoms in total. The molecule has 0 spiro atoms. The second kappa shape index (κ2) is 5.37. The predicted molar refractivity (Wildman–Crippen MR) is 69.7 cm³/mol. The Morgan fingerprint density at radius 1 is 1.29 bits per heavy atom. The van der Waals surface area contributed by atoms with Gasteiger partial charge in [0.1, 0.15) is 5.54 Å². The summed E-state index contributed by atoms with van der Waals surface area (Å²) in [5.74, 6) is 0. The molecule has 96 valence electrons. The lowest BCUT2D eigenvalue weighted by Crippen LogP contribution is -2.44. The van der Waals surface area contributed by atoms with Crippen molar-refractivity contribution in [3.05, 3.63) is 0 Å². The van der Waals surface area contributed by atoms with Gasteiger partial charge in [0.15, 0.2) is 0 Å². The molecule has 3 heteroatoms. The van der Waals surface area contributed by atoms with Crippen molar-refractivity contribution in [1.82, 2.24) is 10.2 Å². The second-order valence-electron chi connectivity index (χ2n) is 5.78. The first-order valence-corrected chi connectivity index (χ1v) is 7.07. The molecular weight excluding hydrogens is 210 g/mol. The van der Waals surface area contributed by atoms with Crippen molar-refractivity contribution < 1.29 is 0 Å². The first kappa shape index (κ1) is 12.9. The minimum Gasteiger partial charge on any atom is -0.302 e. The van der Waals surface area contributed by atoms with Crippen LogP contribution in [0.1, 0.15) is 51.9 Å². The van der Waals surface area contributed by atoms with Crippen LogP contribution in [0.25, 0.3) is 0 Å². The molecule has 1 saturated heterocycles. The maximum atomic E-state index is 9.32. The molecule has 2 rings (SSSR count). The van der Waals surface area contributed by atoms with Gasteiger partial charge < -0.3 is 5.32 Å². The molecule has 3 unspecified atom stereocenters. The van der Waals surface area contributed by atoms with Gasteiger partial charge in [-0.2, -0.15) is 5.26 Å². The first-order valence-electron chi connectivity index (χ1n) is 7.07. The fourth-order valence-corrected chi connectivity index (χ4v) is 3.53. The zero-order valence-corrected chi connectivity index (χ0v) is 11.2. The molecule has 2 aliphatic rings. The van der Waals surface area contributed by atoms with E-state index in [2.05, 4.69) is 23.2 Å². The van der Waals surface area contributed by atoms with Crippen molar-refractivity contribution in [1.29, 1.82) is 5.26 Å². The van der Waals surface area contributed by atoms with Crippen LogP contribution in [0.5, 0.6) is 0 Å². The Bertz CT molecular complexity index is 296. The van der Waals surface area contributed by atoms with Gasteiger partial charge >= 0.3 is 0 Å². The fraction of sp³-hybridized carbons (Fsp3) is 0.929. The Hall–Kier alpha value is -0.590. The monoisotopic (exact) mass is 235 g/mol. The average Bonchev–Trinajstić information content (AvgIpc) is 2.67. The summed E-state index contributed by atoms with van der Waals surface area (Å²) >= 11 is 0. The van der Waals surface area contributed by atoms with E-state index >= 15 is 0 Å². The van der Waals surface area contributed by atoms with E-state index in [4.69, 9.17) is 0 Å². The Kier molecular flexibility index (Phi) is 4.06. The molecule has 0 aromatic rings. The molecule has 3 atom stereocenters. The van der Waals surface area contributed by atoms with Gasteiger partial charge in [0.2, 0.25) is 0 Å². The number of hydrogen-bond acceptors (Lipinski definition) is 3. The Labute approximate surface area is 105 Å². The van der Waals surface area contributed by atoms with Gasteiger partial charge in [0, 0.05) is 12.1 Å². The highest BCUT2D eigenvalue weighted by Crippen LogP contribution is 2.34. The Morgan fingerprint density at radius 3 is 2.76 bits per heavy atom. The van der Waals surface area contributed by atoms with E-state index in [9.17, 15) is 5.26 Å². The predicted octanol–water partition coefficient (Wildman–Crippen LogP) is 2.29. The van der Waals surface area contributed by atoms with Crippen LogP contribution in [0.15, 0.2) is 0 Å². The van der Waals surface area contributed by atoms with Crippen molar-refractivity contribution >= 4 is 0 Å². The Balaban J connectivity index is 2.01. The molecule has 1 aliphatic heterocycles. The third-order valence-electron chi connectivity index (χ3n) is 4.75. The molecule has 0 aromatic heterocycles. The van der Waals surface area contributed by atoms with Crippen LogP contribution in [0.3, 0.4) is 0 Å². The normalized spacial score (nSPS) is 39.8. The zero-order valence-electron chi connectivity index (χ0n) is 11.2. The molecule has 1 saturated carbocycles. The minimum atomic E-state index is -0.253. The van der Waals surface area contributed by atoms with E-state index in [-0.39, 0.29) is 5.54 Å². The summed E-state index contributed by atoms with van der Waals surface area (Å²) in [6.07, 6.45) is 8.61. The van der Waals surface area contributed by atoms with Crippen molar-refractivity contribution in [3.63, 3.8) is 0 Å². The summed E-state index contributed by atoms with van der Waals surface area (Å²) in [6, 6.07) is 3.81. The highest BCUT2D eigenvalue weighted by molar-refractivity contribution is 5.13. The maximum absolute atomic E-state index is 9.32. The van der Waals surface area contributed by atoms with Gasteiger partial charge in [-0.15, -0.1) is 0 Å². The van der Waals surface area contributed by atoms with Gasteiger partial charge in [0.05, 0.1) is 6.07 Å². The van der Waals surface area contributed by atoms with E-state index in [1.54, 1.807) is 0 Å². The molecule has 1 heterocycles. The minimum absolute atomic E-state index is 0.253. The van der Waals surface area contributed by atoms with E-state index in [1.165, 1.54) is 38.6 Å². The largest absolute Gasteiger partial charge is 0.302 e. The summed E-state index contributed by atoms with van der Waals surface area (Å²) in [4.78, 5) is 2.67. The average molecular weight is 235 g/mol. The standard InChI is InChI=1S/C14H25N3/c1-12-6-4-3-5-9-17(12)13-7-8-14(10-13,11-15)16-2/h12-13,16H,3-10H2,1-2H3. The van der Waals surface area contributed by atoms with Gasteiger partial charge in [-0.25, -0.2) is 0 Å². The first-order chi connectivity index (χ1) is 8.21. The van der Waals surface area contributed by atoms with Crippen LogP contribution in [0.2, 0.25) is 0 Å². The van der Waals surface area contributed by atoms with Gasteiger partial charge in [-0.1, -0.05) is 12.8 Å². The fourth-order valence-electron chi connectivity index (χ4n) is 3.53.